The summed E-state index contributed by atoms with van der Waals surface area (Å²) in [5.74, 6) is 0. The molecular weight excluding hydrogens is 284 g/mol. The van der Waals surface area contributed by atoms with E-state index in [1.54, 1.807) is 14.2 Å². The Morgan fingerprint density at radius 2 is 1.82 bits per heavy atom. The Morgan fingerprint density at radius 3 is 2.29 bits per heavy atom. The van der Waals surface area contributed by atoms with Crippen LogP contribution in [0.3, 0.4) is 0 Å². The summed E-state index contributed by atoms with van der Waals surface area (Å²) in [7, 11) is 3.43. The SMILES string of the molecule is COCCN(CCOC)Cc1ccc(Br)cn1. The van der Waals surface area contributed by atoms with Crippen molar-refractivity contribution in [3.63, 3.8) is 0 Å². The Hall–Kier alpha value is -0.490. The molecule has 0 aromatic carbocycles. The zero-order chi connectivity index (χ0) is 12.5. The summed E-state index contributed by atoms with van der Waals surface area (Å²) in [6, 6.07) is 4.03. The number of pyridine rings is 1. The van der Waals surface area contributed by atoms with Gasteiger partial charge in [0.25, 0.3) is 0 Å². The topological polar surface area (TPSA) is 34.6 Å². The molecule has 0 N–H and O–H groups in total. The first-order chi connectivity index (χ1) is 8.26. The van der Waals surface area contributed by atoms with Crippen molar-refractivity contribution >= 4 is 15.9 Å². The van der Waals surface area contributed by atoms with Crippen molar-refractivity contribution in [3.05, 3.63) is 28.5 Å². The van der Waals surface area contributed by atoms with Gasteiger partial charge in [-0.25, -0.2) is 0 Å². The molecule has 0 amide bonds. The van der Waals surface area contributed by atoms with Crippen LogP contribution < -0.4 is 0 Å². The van der Waals surface area contributed by atoms with E-state index in [1.165, 1.54) is 0 Å². The molecule has 1 heterocycles. The molecule has 0 fully saturated rings. The van der Waals surface area contributed by atoms with Crippen LogP contribution >= 0.6 is 15.9 Å². The van der Waals surface area contributed by atoms with E-state index in [9.17, 15) is 0 Å². The maximum atomic E-state index is 5.10. The van der Waals surface area contributed by atoms with Gasteiger partial charge in [-0.3, -0.25) is 9.88 Å². The molecule has 0 aliphatic rings. The van der Waals surface area contributed by atoms with E-state index in [0.717, 1.165) is 43.0 Å². The second-order valence-electron chi connectivity index (χ2n) is 3.73. The van der Waals surface area contributed by atoms with Gasteiger partial charge < -0.3 is 9.47 Å². The number of halogens is 1. The molecular formula is C12H19BrN2O2. The van der Waals surface area contributed by atoms with Gasteiger partial charge in [0.1, 0.15) is 0 Å². The molecule has 17 heavy (non-hydrogen) atoms. The van der Waals surface area contributed by atoms with Crippen molar-refractivity contribution in [1.82, 2.24) is 9.88 Å². The summed E-state index contributed by atoms with van der Waals surface area (Å²) in [6.07, 6.45) is 1.82. The van der Waals surface area contributed by atoms with Crippen LogP contribution in [-0.4, -0.2) is 50.4 Å². The molecule has 0 bridgehead atoms. The smallest absolute Gasteiger partial charge is 0.0589 e. The molecule has 0 spiro atoms. The summed E-state index contributed by atoms with van der Waals surface area (Å²) < 4.78 is 11.2. The molecule has 0 aliphatic heterocycles. The molecule has 0 saturated heterocycles. The summed E-state index contributed by atoms with van der Waals surface area (Å²) >= 11 is 3.38. The molecule has 0 atom stereocenters. The average molecular weight is 303 g/mol. The maximum absolute atomic E-state index is 5.10. The number of hydrogen-bond acceptors (Lipinski definition) is 4. The second-order valence-corrected chi connectivity index (χ2v) is 4.65. The van der Waals surface area contributed by atoms with Crippen LogP contribution in [0.4, 0.5) is 0 Å². The minimum Gasteiger partial charge on any atom is -0.383 e. The Kier molecular flexibility index (Phi) is 7.35. The fourth-order valence-corrected chi connectivity index (χ4v) is 1.67. The molecule has 0 radical (unpaired) electrons. The van der Waals surface area contributed by atoms with E-state index in [1.807, 2.05) is 18.3 Å². The number of rotatable bonds is 8. The first-order valence-corrected chi connectivity index (χ1v) is 6.36. The van der Waals surface area contributed by atoms with Gasteiger partial charge in [-0.2, -0.15) is 0 Å². The highest BCUT2D eigenvalue weighted by molar-refractivity contribution is 9.10. The van der Waals surface area contributed by atoms with Crippen LogP contribution in [0, 0.1) is 0 Å². The van der Waals surface area contributed by atoms with Crippen LogP contribution in [0.2, 0.25) is 0 Å². The van der Waals surface area contributed by atoms with Gasteiger partial charge in [-0.15, -0.1) is 0 Å². The molecule has 96 valence electrons. The van der Waals surface area contributed by atoms with E-state index >= 15 is 0 Å². The first kappa shape index (κ1) is 14.6. The van der Waals surface area contributed by atoms with Crippen molar-refractivity contribution in [2.75, 3.05) is 40.5 Å². The van der Waals surface area contributed by atoms with Crippen molar-refractivity contribution in [1.29, 1.82) is 0 Å². The largest absolute Gasteiger partial charge is 0.383 e. The Balaban J connectivity index is 2.48. The van der Waals surface area contributed by atoms with Crippen LogP contribution in [0.25, 0.3) is 0 Å². The molecule has 1 aromatic heterocycles. The van der Waals surface area contributed by atoms with E-state index in [-0.39, 0.29) is 0 Å². The van der Waals surface area contributed by atoms with Gasteiger partial charge in [0.15, 0.2) is 0 Å². The quantitative estimate of drug-likeness (QED) is 0.735. The lowest BCUT2D eigenvalue weighted by atomic mass is 10.3. The van der Waals surface area contributed by atoms with Gasteiger partial charge >= 0.3 is 0 Å². The molecule has 1 rings (SSSR count). The van der Waals surface area contributed by atoms with Crippen molar-refractivity contribution in [2.45, 2.75) is 6.54 Å². The van der Waals surface area contributed by atoms with E-state index in [4.69, 9.17) is 9.47 Å². The van der Waals surface area contributed by atoms with Crippen LogP contribution in [-0.2, 0) is 16.0 Å². The van der Waals surface area contributed by atoms with Gasteiger partial charge in [0.2, 0.25) is 0 Å². The van der Waals surface area contributed by atoms with Gasteiger partial charge in [0, 0.05) is 44.5 Å². The van der Waals surface area contributed by atoms with Gasteiger partial charge in [-0.05, 0) is 28.1 Å². The lowest BCUT2D eigenvalue weighted by Gasteiger charge is -2.21. The number of methoxy groups -OCH3 is 2. The minimum absolute atomic E-state index is 0.722. The van der Waals surface area contributed by atoms with Crippen molar-refractivity contribution in [2.24, 2.45) is 0 Å². The fourth-order valence-electron chi connectivity index (χ4n) is 1.44. The highest BCUT2D eigenvalue weighted by Gasteiger charge is 2.06. The lowest BCUT2D eigenvalue weighted by Crippen LogP contribution is -2.30. The Labute approximate surface area is 111 Å². The third-order valence-corrected chi connectivity index (χ3v) is 2.87. The van der Waals surface area contributed by atoms with Crippen LogP contribution in [0.15, 0.2) is 22.8 Å². The van der Waals surface area contributed by atoms with E-state index in [0.29, 0.717) is 0 Å². The van der Waals surface area contributed by atoms with Crippen LogP contribution in [0.5, 0.6) is 0 Å². The summed E-state index contributed by atoms with van der Waals surface area (Å²) in [6.45, 7) is 4.04. The highest BCUT2D eigenvalue weighted by Crippen LogP contribution is 2.09. The number of nitrogens with zero attached hydrogens (tertiary/aromatic N) is 2. The summed E-state index contributed by atoms with van der Waals surface area (Å²) in [4.78, 5) is 6.63. The third kappa shape index (κ3) is 6.12. The zero-order valence-corrected chi connectivity index (χ0v) is 11.9. The molecule has 0 aliphatic carbocycles. The highest BCUT2D eigenvalue weighted by atomic mass is 79.9. The predicted molar refractivity (Wildman–Crippen MR) is 71.0 cm³/mol. The van der Waals surface area contributed by atoms with Crippen LogP contribution in [0.1, 0.15) is 5.69 Å². The minimum atomic E-state index is 0.722. The number of ether oxygens (including phenoxy) is 2. The third-order valence-electron chi connectivity index (χ3n) is 2.40. The Bertz CT molecular complexity index is 298. The number of aromatic nitrogens is 1. The van der Waals surface area contributed by atoms with Gasteiger partial charge in [-0.1, -0.05) is 0 Å². The zero-order valence-electron chi connectivity index (χ0n) is 10.4. The molecule has 1 aromatic rings. The van der Waals surface area contributed by atoms with Crippen molar-refractivity contribution < 1.29 is 9.47 Å². The standard InChI is InChI=1S/C12H19BrN2O2/c1-16-7-5-15(6-8-17-2)10-12-4-3-11(13)9-14-12/h3-4,9H,5-8,10H2,1-2H3. The molecule has 4 nitrogen and oxygen atoms in total. The van der Waals surface area contributed by atoms with Gasteiger partial charge in [0.05, 0.1) is 18.9 Å². The molecule has 0 unspecified atom stereocenters. The monoisotopic (exact) mass is 302 g/mol. The summed E-state index contributed by atoms with van der Waals surface area (Å²) in [5, 5.41) is 0. The number of hydrogen-bond donors (Lipinski definition) is 0. The predicted octanol–water partition coefficient (Wildman–Crippen LogP) is 1.94. The second kappa shape index (κ2) is 8.58. The lowest BCUT2D eigenvalue weighted by molar-refractivity contribution is 0.109. The van der Waals surface area contributed by atoms with Crippen molar-refractivity contribution in [3.8, 4) is 0 Å². The molecule has 5 heteroatoms. The average Bonchev–Trinajstić information content (AvgIpc) is 2.35. The fraction of sp³-hybridized carbons (Fsp3) is 0.583. The molecule has 0 saturated carbocycles. The first-order valence-electron chi connectivity index (χ1n) is 5.57. The maximum Gasteiger partial charge on any atom is 0.0589 e. The Morgan fingerprint density at radius 1 is 1.18 bits per heavy atom. The van der Waals surface area contributed by atoms with E-state index < -0.39 is 0 Å². The normalized spacial score (nSPS) is 11.1. The summed E-state index contributed by atoms with van der Waals surface area (Å²) in [5.41, 5.74) is 1.06. The van der Waals surface area contributed by atoms with E-state index in [2.05, 4.69) is 25.8 Å².